The third-order valence-corrected chi connectivity index (χ3v) is 3.26. The first-order valence-electron chi connectivity index (χ1n) is 6.42. The zero-order chi connectivity index (χ0) is 14.5. The Labute approximate surface area is 123 Å². The molecular weight excluding hydrogens is 274 g/mol. The largest absolute Gasteiger partial charge is 0.365 e. The monoisotopic (exact) mass is 291 g/mol. The van der Waals surface area contributed by atoms with Crippen molar-refractivity contribution in [3.8, 4) is 0 Å². The Bertz CT molecular complexity index is 568. The molecule has 5 nitrogen and oxygen atoms in total. The Hall–Kier alpha value is -1.85. The number of nitrogens with two attached hydrogens (primary N) is 1. The van der Waals surface area contributed by atoms with Gasteiger partial charge in [0.2, 0.25) is 5.95 Å². The summed E-state index contributed by atoms with van der Waals surface area (Å²) in [4.78, 5) is 8.09. The van der Waals surface area contributed by atoms with E-state index in [0.717, 1.165) is 5.56 Å². The number of nitrogens with one attached hydrogen (secondary N) is 2. The second-order valence-electron chi connectivity index (χ2n) is 4.78. The molecule has 0 aliphatic rings. The van der Waals surface area contributed by atoms with E-state index in [0.29, 0.717) is 29.3 Å². The average molecular weight is 292 g/mol. The maximum absolute atomic E-state index is 6.03. The van der Waals surface area contributed by atoms with E-state index in [4.69, 9.17) is 17.4 Å². The van der Waals surface area contributed by atoms with Crippen molar-refractivity contribution in [1.29, 1.82) is 0 Å². The van der Waals surface area contributed by atoms with Gasteiger partial charge in [-0.15, -0.1) is 0 Å². The lowest BCUT2D eigenvalue weighted by molar-refractivity contribution is 0.865. The average Bonchev–Trinajstić information content (AvgIpc) is 2.47. The van der Waals surface area contributed by atoms with E-state index in [2.05, 4.69) is 58.8 Å². The molecule has 1 aromatic carbocycles. The molecule has 1 heterocycles. The van der Waals surface area contributed by atoms with Crippen LogP contribution in [0.25, 0.3) is 0 Å². The minimum Gasteiger partial charge on any atom is -0.365 e. The number of aromatic nitrogens is 2. The maximum atomic E-state index is 6.03. The maximum Gasteiger partial charge on any atom is 0.239 e. The van der Waals surface area contributed by atoms with Gasteiger partial charge in [-0.3, -0.25) is 5.43 Å². The van der Waals surface area contributed by atoms with Crippen molar-refractivity contribution in [3.05, 3.63) is 46.6 Å². The first-order valence-corrected chi connectivity index (χ1v) is 6.80. The molecule has 6 heteroatoms. The van der Waals surface area contributed by atoms with Crippen molar-refractivity contribution in [2.24, 2.45) is 5.84 Å². The third kappa shape index (κ3) is 3.59. The van der Waals surface area contributed by atoms with Crippen molar-refractivity contribution in [1.82, 2.24) is 9.97 Å². The number of nitrogen functional groups attached to an aromatic ring is 1. The summed E-state index contributed by atoms with van der Waals surface area (Å²) < 4.78 is 0. The number of anilines is 2. The van der Waals surface area contributed by atoms with E-state index < -0.39 is 0 Å². The minimum atomic E-state index is 0.326. The van der Waals surface area contributed by atoms with E-state index in [1.54, 1.807) is 0 Å². The molecule has 1 aromatic heterocycles. The van der Waals surface area contributed by atoms with Gasteiger partial charge in [0.1, 0.15) is 5.02 Å². The molecular formula is C14H18ClN5. The zero-order valence-electron chi connectivity index (χ0n) is 11.5. The van der Waals surface area contributed by atoms with E-state index in [9.17, 15) is 0 Å². The lowest BCUT2D eigenvalue weighted by Gasteiger charge is -2.10. The molecule has 2 rings (SSSR count). The summed E-state index contributed by atoms with van der Waals surface area (Å²) in [6, 6.07) is 8.46. The minimum absolute atomic E-state index is 0.326. The summed E-state index contributed by atoms with van der Waals surface area (Å²) in [5.74, 6) is 6.69. The van der Waals surface area contributed by atoms with Gasteiger partial charge in [-0.05, 0) is 17.0 Å². The van der Waals surface area contributed by atoms with Gasteiger partial charge in [-0.25, -0.2) is 10.8 Å². The number of benzene rings is 1. The van der Waals surface area contributed by atoms with E-state index >= 15 is 0 Å². The topological polar surface area (TPSA) is 75.9 Å². The van der Waals surface area contributed by atoms with E-state index in [1.165, 1.54) is 11.8 Å². The Kier molecular flexibility index (Phi) is 4.76. The molecule has 4 N–H and O–H groups in total. The van der Waals surface area contributed by atoms with Crippen LogP contribution in [0.1, 0.15) is 30.9 Å². The van der Waals surface area contributed by atoms with Crippen molar-refractivity contribution in [2.75, 3.05) is 10.7 Å². The molecule has 0 spiro atoms. The van der Waals surface area contributed by atoms with Gasteiger partial charge in [-0.1, -0.05) is 49.7 Å². The molecule has 0 bridgehead atoms. The highest BCUT2D eigenvalue weighted by Gasteiger charge is 2.05. The molecule has 0 saturated carbocycles. The standard InChI is InChI=1S/C14H18ClN5/c1-9(2)11-5-3-10(4-6-11)7-17-13-12(15)8-18-14(19-13)20-16/h3-6,8-9H,7,16H2,1-2H3,(H2,17,18,19,20). The number of rotatable bonds is 5. The van der Waals surface area contributed by atoms with Gasteiger partial charge in [-0.2, -0.15) is 4.98 Å². The van der Waals surface area contributed by atoms with Gasteiger partial charge in [0.15, 0.2) is 5.82 Å². The highest BCUT2D eigenvalue weighted by atomic mass is 35.5. The van der Waals surface area contributed by atoms with Gasteiger partial charge < -0.3 is 5.32 Å². The summed E-state index contributed by atoms with van der Waals surface area (Å²) in [5.41, 5.74) is 4.87. The van der Waals surface area contributed by atoms with Crippen molar-refractivity contribution in [2.45, 2.75) is 26.3 Å². The summed E-state index contributed by atoms with van der Waals surface area (Å²) >= 11 is 6.03. The number of hydrogen-bond acceptors (Lipinski definition) is 5. The van der Waals surface area contributed by atoms with Crippen molar-refractivity contribution >= 4 is 23.4 Å². The lowest BCUT2D eigenvalue weighted by atomic mass is 10.0. The molecule has 20 heavy (non-hydrogen) atoms. The summed E-state index contributed by atoms with van der Waals surface area (Å²) in [6.45, 7) is 4.99. The number of halogens is 1. The van der Waals surface area contributed by atoms with Crippen LogP contribution in [0.2, 0.25) is 5.02 Å². The molecule has 0 aliphatic heterocycles. The summed E-state index contributed by atoms with van der Waals surface area (Å²) in [5, 5.41) is 3.63. The second kappa shape index (κ2) is 6.54. The van der Waals surface area contributed by atoms with Gasteiger partial charge >= 0.3 is 0 Å². The van der Waals surface area contributed by atoms with E-state index in [1.807, 2.05) is 0 Å². The number of hydrazine groups is 1. The van der Waals surface area contributed by atoms with Crippen LogP contribution in [0.3, 0.4) is 0 Å². The van der Waals surface area contributed by atoms with Gasteiger partial charge in [0.05, 0.1) is 6.20 Å². The quantitative estimate of drug-likeness (QED) is 0.583. The molecule has 106 valence electrons. The predicted octanol–water partition coefficient (Wildman–Crippen LogP) is 3.15. The fourth-order valence-corrected chi connectivity index (χ4v) is 1.92. The molecule has 0 saturated heterocycles. The lowest BCUT2D eigenvalue weighted by Crippen LogP contribution is -2.12. The second-order valence-corrected chi connectivity index (χ2v) is 5.19. The Morgan fingerprint density at radius 3 is 2.55 bits per heavy atom. The SMILES string of the molecule is CC(C)c1ccc(CNc2nc(NN)ncc2Cl)cc1. The van der Waals surface area contributed by atoms with Crippen LogP contribution in [-0.4, -0.2) is 9.97 Å². The smallest absolute Gasteiger partial charge is 0.239 e. The van der Waals surface area contributed by atoms with Crippen LogP contribution in [0.15, 0.2) is 30.5 Å². The van der Waals surface area contributed by atoms with Gasteiger partial charge in [0, 0.05) is 6.54 Å². The van der Waals surface area contributed by atoms with Crippen LogP contribution in [0.5, 0.6) is 0 Å². The van der Waals surface area contributed by atoms with Crippen LogP contribution >= 0.6 is 11.6 Å². The van der Waals surface area contributed by atoms with Crippen LogP contribution in [-0.2, 0) is 6.54 Å². The molecule has 0 fully saturated rings. The third-order valence-electron chi connectivity index (χ3n) is 2.98. The Balaban J connectivity index is 2.04. The predicted molar refractivity (Wildman–Crippen MR) is 82.7 cm³/mol. The fourth-order valence-electron chi connectivity index (χ4n) is 1.77. The highest BCUT2D eigenvalue weighted by Crippen LogP contribution is 2.20. The highest BCUT2D eigenvalue weighted by molar-refractivity contribution is 6.32. The summed E-state index contributed by atoms with van der Waals surface area (Å²) in [7, 11) is 0. The normalized spacial score (nSPS) is 10.7. The number of nitrogens with zero attached hydrogens (tertiary/aromatic N) is 2. The van der Waals surface area contributed by atoms with E-state index in [-0.39, 0.29) is 0 Å². The van der Waals surface area contributed by atoms with Crippen molar-refractivity contribution < 1.29 is 0 Å². The molecule has 0 aliphatic carbocycles. The zero-order valence-corrected chi connectivity index (χ0v) is 12.3. The van der Waals surface area contributed by atoms with Crippen LogP contribution in [0, 0.1) is 0 Å². The summed E-state index contributed by atoms with van der Waals surface area (Å²) in [6.07, 6.45) is 1.51. The molecule has 2 aromatic rings. The first-order chi connectivity index (χ1) is 9.60. The van der Waals surface area contributed by atoms with Gasteiger partial charge in [0.25, 0.3) is 0 Å². The number of hydrogen-bond donors (Lipinski definition) is 3. The first kappa shape index (κ1) is 14.6. The molecule has 0 radical (unpaired) electrons. The molecule has 0 amide bonds. The van der Waals surface area contributed by atoms with Crippen LogP contribution < -0.4 is 16.6 Å². The molecule has 0 atom stereocenters. The van der Waals surface area contributed by atoms with Crippen LogP contribution in [0.4, 0.5) is 11.8 Å². The fraction of sp³-hybridized carbons (Fsp3) is 0.286. The van der Waals surface area contributed by atoms with Crippen molar-refractivity contribution in [3.63, 3.8) is 0 Å². The molecule has 0 unspecified atom stereocenters. The Morgan fingerprint density at radius 2 is 1.95 bits per heavy atom. The Morgan fingerprint density at radius 1 is 1.25 bits per heavy atom.